The zero-order valence-electron chi connectivity index (χ0n) is 12.8. The fourth-order valence-electron chi connectivity index (χ4n) is 3.20. The topological polar surface area (TPSA) is 51.2 Å². The van der Waals surface area contributed by atoms with Gasteiger partial charge in [0, 0.05) is 40.1 Å². The molecule has 120 valence electrons. The molecule has 0 spiro atoms. The molecule has 1 aliphatic rings. The van der Waals surface area contributed by atoms with E-state index in [1.165, 1.54) is 11.3 Å². The number of thiophene rings is 1. The monoisotopic (exact) mass is 348 g/mol. The van der Waals surface area contributed by atoms with E-state index in [2.05, 4.69) is 0 Å². The molecule has 0 radical (unpaired) electrons. The van der Waals surface area contributed by atoms with Gasteiger partial charge in [-0.15, -0.1) is 11.3 Å². The van der Waals surface area contributed by atoms with Crippen LogP contribution in [0.1, 0.15) is 43.4 Å². The van der Waals surface area contributed by atoms with Crippen LogP contribution in [0.4, 0.5) is 0 Å². The van der Waals surface area contributed by atoms with Gasteiger partial charge in [0.2, 0.25) is 0 Å². The summed E-state index contributed by atoms with van der Waals surface area (Å²) in [5, 5.41) is 1.59. The Balaban J connectivity index is 1.88. The van der Waals surface area contributed by atoms with Crippen molar-refractivity contribution in [2.75, 3.05) is 0 Å². The predicted octanol–water partition coefficient (Wildman–Crippen LogP) is 4.56. The SMILES string of the molecule is CCCC(=O)C1C(=O)CC(c2sc3ccccc3c2Cl)CC1=O. The second-order valence-corrected chi connectivity index (χ2v) is 7.43. The first-order valence-corrected chi connectivity index (χ1v) is 8.97. The van der Waals surface area contributed by atoms with Gasteiger partial charge in [-0.3, -0.25) is 14.4 Å². The lowest BCUT2D eigenvalue weighted by atomic mass is 9.76. The highest BCUT2D eigenvalue weighted by atomic mass is 35.5. The minimum absolute atomic E-state index is 0.203. The van der Waals surface area contributed by atoms with Crippen LogP contribution in [0.25, 0.3) is 10.1 Å². The lowest BCUT2D eigenvalue weighted by Crippen LogP contribution is -2.37. The molecular formula is C18H17ClO3S. The second kappa shape index (κ2) is 6.54. The molecule has 1 aromatic carbocycles. The van der Waals surface area contributed by atoms with Crippen molar-refractivity contribution < 1.29 is 14.4 Å². The molecule has 3 nitrogen and oxygen atoms in total. The molecule has 1 aliphatic carbocycles. The lowest BCUT2D eigenvalue weighted by Gasteiger charge is -2.25. The summed E-state index contributed by atoms with van der Waals surface area (Å²) in [4.78, 5) is 37.6. The van der Waals surface area contributed by atoms with Crippen molar-refractivity contribution in [3.8, 4) is 0 Å². The first kappa shape index (κ1) is 16.3. The average molecular weight is 349 g/mol. The largest absolute Gasteiger partial charge is 0.298 e. The highest BCUT2D eigenvalue weighted by Crippen LogP contribution is 2.44. The second-order valence-electron chi connectivity index (χ2n) is 5.96. The van der Waals surface area contributed by atoms with E-state index in [1.54, 1.807) is 0 Å². The Kier molecular flexibility index (Phi) is 4.64. The van der Waals surface area contributed by atoms with Crippen molar-refractivity contribution >= 4 is 50.4 Å². The van der Waals surface area contributed by atoms with Crippen molar-refractivity contribution in [1.29, 1.82) is 0 Å². The minimum atomic E-state index is -1.04. The van der Waals surface area contributed by atoms with Gasteiger partial charge in [0.15, 0.2) is 17.3 Å². The Labute approximate surface area is 143 Å². The number of Topliss-reactive ketones (excluding diaryl/α,β-unsaturated/α-hetero) is 3. The van der Waals surface area contributed by atoms with Gasteiger partial charge < -0.3 is 0 Å². The van der Waals surface area contributed by atoms with Gasteiger partial charge in [-0.2, -0.15) is 0 Å². The fourth-order valence-corrected chi connectivity index (χ4v) is 4.89. The van der Waals surface area contributed by atoms with E-state index in [9.17, 15) is 14.4 Å². The average Bonchev–Trinajstić information content (AvgIpc) is 2.84. The zero-order valence-corrected chi connectivity index (χ0v) is 14.4. The standard InChI is InChI=1S/C18H17ClO3S/c1-2-5-12(20)16-13(21)8-10(9-14(16)22)18-17(19)11-6-3-4-7-15(11)23-18/h3-4,6-7,10,16H,2,5,8-9H2,1H3. The molecule has 2 aromatic rings. The molecule has 1 saturated carbocycles. The number of hydrogen-bond donors (Lipinski definition) is 0. The Morgan fingerprint density at radius 3 is 2.48 bits per heavy atom. The third kappa shape index (κ3) is 2.98. The predicted molar refractivity (Wildman–Crippen MR) is 92.2 cm³/mol. The summed E-state index contributed by atoms with van der Waals surface area (Å²) in [6.07, 6.45) is 1.38. The molecule has 1 fully saturated rings. The number of fused-ring (bicyclic) bond motifs is 1. The van der Waals surface area contributed by atoms with Gasteiger partial charge in [0.25, 0.3) is 0 Å². The molecule has 0 unspecified atom stereocenters. The van der Waals surface area contributed by atoms with Crippen LogP contribution in [-0.2, 0) is 14.4 Å². The van der Waals surface area contributed by atoms with Crippen molar-refractivity contribution in [2.24, 2.45) is 5.92 Å². The van der Waals surface area contributed by atoms with Crippen LogP contribution in [0.3, 0.4) is 0 Å². The molecule has 1 aromatic heterocycles. The van der Waals surface area contributed by atoms with Crippen LogP contribution in [0.2, 0.25) is 5.02 Å². The Hall–Kier alpha value is -1.52. The maximum absolute atomic E-state index is 12.4. The van der Waals surface area contributed by atoms with E-state index in [0.29, 0.717) is 11.4 Å². The molecule has 3 rings (SSSR count). The van der Waals surface area contributed by atoms with E-state index in [-0.39, 0.29) is 42.5 Å². The Morgan fingerprint density at radius 1 is 1.22 bits per heavy atom. The van der Waals surface area contributed by atoms with Gasteiger partial charge in [-0.05, 0) is 12.5 Å². The minimum Gasteiger partial charge on any atom is -0.298 e. The third-order valence-corrected chi connectivity index (χ3v) is 6.14. The number of benzene rings is 1. The highest BCUT2D eigenvalue weighted by Gasteiger charge is 2.40. The fraction of sp³-hybridized carbons (Fsp3) is 0.389. The maximum Gasteiger partial charge on any atom is 0.151 e. The molecule has 0 N–H and O–H groups in total. The Morgan fingerprint density at radius 2 is 1.87 bits per heavy atom. The van der Waals surface area contributed by atoms with Gasteiger partial charge in [-0.1, -0.05) is 36.7 Å². The number of rotatable bonds is 4. The normalized spacial score (nSPS) is 21.8. The molecule has 5 heteroatoms. The van der Waals surface area contributed by atoms with Crippen LogP contribution in [0.15, 0.2) is 24.3 Å². The lowest BCUT2D eigenvalue weighted by molar-refractivity contribution is -0.142. The number of carbonyl (C=O) groups is 3. The van der Waals surface area contributed by atoms with Crippen molar-refractivity contribution in [3.63, 3.8) is 0 Å². The summed E-state index contributed by atoms with van der Waals surface area (Å²) in [5.74, 6) is -1.98. The van der Waals surface area contributed by atoms with Crippen LogP contribution in [-0.4, -0.2) is 17.3 Å². The molecule has 0 atom stereocenters. The Bertz CT molecular complexity index is 775. The first-order valence-electron chi connectivity index (χ1n) is 7.78. The summed E-state index contributed by atoms with van der Waals surface area (Å²) >= 11 is 7.99. The smallest absolute Gasteiger partial charge is 0.151 e. The molecular weight excluding hydrogens is 332 g/mol. The van der Waals surface area contributed by atoms with E-state index < -0.39 is 5.92 Å². The third-order valence-electron chi connectivity index (χ3n) is 4.29. The first-order chi connectivity index (χ1) is 11.0. The van der Waals surface area contributed by atoms with Gasteiger partial charge >= 0.3 is 0 Å². The van der Waals surface area contributed by atoms with Crippen LogP contribution < -0.4 is 0 Å². The number of ketones is 3. The number of hydrogen-bond acceptors (Lipinski definition) is 4. The van der Waals surface area contributed by atoms with Crippen molar-refractivity contribution in [1.82, 2.24) is 0 Å². The molecule has 23 heavy (non-hydrogen) atoms. The summed E-state index contributed by atoms with van der Waals surface area (Å²) in [7, 11) is 0. The molecule has 0 amide bonds. The molecule has 1 heterocycles. The van der Waals surface area contributed by atoms with Crippen LogP contribution in [0, 0.1) is 5.92 Å². The number of halogens is 1. The van der Waals surface area contributed by atoms with Crippen molar-refractivity contribution in [2.45, 2.75) is 38.5 Å². The van der Waals surface area contributed by atoms with Gasteiger partial charge in [0.1, 0.15) is 5.92 Å². The van der Waals surface area contributed by atoms with Crippen LogP contribution in [0.5, 0.6) is 0 Å². The van der Waals surface area contributed by atoms with E-state index >= 15 is 0 Å². The summed E-state index contributed by atoms with van der Waals surface area (Å²) in [5.41, 5.74) is 0. The van der Waals surface area contributed by atoms with E-state index in [0.717, 1.165) is 15.0 Å². The van der Waals surface area contributed by atoms with E-state index in [1.807, 2.05) is 31.2 Å². The van der Waals surface area contributed by atoms with Gasteiger partial charge in [0.05, 0.1) is 5.02 Å². The van der Waals surface area contributed by atoms with Crippen LogP contribution >= 0.6 is 22.9 Å². The van der Waals surface area contributed by atoms with Crippen molar-refractivity contribution in [3.05, 3.63) is 34.2 Å². The molecule has 0 aliphatic heterocycles. The quantitative estimate of drug-likeness (QED) is 0.761. The van der Waals surface area contributed by atoms with Gasteiger partial charge in [-0.25, -0.2) is 0 Å². The highest BCUT2D eigenvalue weighted by molar-refractivity contribution is 7.19. The molecule has 0 saturated heterocycles. The summed E-state index contributed by atoms with van der Waals surface area (Å²) < 4.78 is 1.05. The number of carbonyl (C=O) groups excluding carboxylic acids is 3. The molecule has 0 bridgehead atoms. The van der Waals surface area contributed by atoms with E-state index in [4.69, 9.17) is 11.6 Å². The maximum atomic E-state index is 12.4. The zero-order chi connectivity index (χ0) is 16.6. The summed E-state index contributed by atoms with van der Waals surface area (Å²) in [6, 6.07) is 7.78. The summed E-state index contributed by atoms with van der Waals surface area (Å²) in [6.45, 7) is 1.87.